The molecule has 0 saturated carbocycles. The van der Waals surface area contributed by atoms with Crippen LogP contribution in [0.3, 0.4) is 0 Å². The van der Waals surface area contributed by atoms with Gasteiger partial charge in [-0.3, -0.25) is 0 Å². The first-order valence-corrected chi connectivity index (χ1v) is 6.09. The third-order valence-electron chi connectivity index (χ3n) is 2.98. The maximum absolute atomic E-state index is 5.79. The van der Waals surface area contributed by atoms with E-state index >= 15 is 0 Å². The molecular weight excluding hydrogens is 216 g/mol. The van der Waals surface area contributed by atoms with Crippen molar-refractivity contribution < 1.29 is 4.74 Å². The molecule has 1 N–H and O–H groups in total. The molecule has 2 heterocycles. The van der Waals surface area contributed by atoms with Gasteiger partial charge in [0.25, 0.3) is 5.88 Å². The topological polar surface area (TPSA) is 50.3 Å². The summed E-state index contributed by atoms with van der Waals surface area (Å²) in [6.45, 7) is 2.92. The zero-order chi connectivity index (χ0) is 12.1. The number of ether oxygens (including phenoxy) is 1. The molecular formula is C12H20N4O. The lowest BCUT2D eigenvalue weighted by atomic mass is 9.99. The van der Waals surface area contributed by atoms with Gasteiger partial charge in [-0.15, -0.1) is 0 Å². The molecule has 0 amide bonds. The van der Waals surface area contributed by atoms with E-state index in [1.54, 1.807) is 12.4 Å². The van der Waals surface area contributed by atoms with E-state index in [1.807, 2.05) is 19.0 Å². The number of hydrogen-bond acceptors (Lipinski definition) is 5. The normalized spacial score (nSPS) is 16.8. The van der Waals surface area contributed by atoms with Crippen LogP contribution in [0.1, 0.15) is 12.8 Å². The molecule has 1 saturated heterocycles. The Morgan fingerprint density at radius 1 is 1.29 bits per heavy atom. The lowest BCUT2D eigenvalue weighted by Crippen LogP contribution is -2.30. The monoisotopic (exact) mass is 236 g/mol. The molecule has 2 rings (SSSR count). The Morgan fingerprint density at radius 2 is 2.00 bits per heavy atom. The fraction of sp³-hybridized carbons (Fsp3) is 0.667. The Balaban J connectivity index is 1.93. The molecule has 17 heavy (non-hydrogen) atoms. The zero-order valence-electron chi connectivity index (χ0n) is 10.5. The van der Waals surface area contributed by atoms with Gasteiger partial charge < -0.3 is 15.0 Å². The van der Waals surface area contributed by atoms with Crippen LogP contribution in [0.5, 0.6) is 5.88 Å². The van der Waals surface area contributed by atoms with Crippen molar-refractivity contribution in [2.24, 2.45) is 5.92 Å². The summed E-state index contributed by atoms with van der Waals surface area (Å²) in [6.07, 6.45) is 5.71. The van der Waals surface area contributed by atoms with E-state index in [0.29, 0.717) is 11.8 Å². The van der Waals surface area contributed by atoms with Crippen molar-refractivity contribution in [2.45, 2.75) is 12.8 Å². The van der Waals surface area contributed by atoms with Gasteiger partial charge in [0.1, 0.15) is 0 Å². The Hall–Kier alpha value is -1.36. The van der Waals surface area contributed by atoms with Crippen molar-refractivity contribution in [2.75, 3.05) is 38.7 Å². The molecule has 0 bridgehead atoms. The second-order valence-electron chi connectivity index (χ2n) is 4.58. The van der Waals surface area contributed by atoms with Gasteiger partial charge in [-0.05, 0) is 31.8 Å². The van der Waals surface area contributed by atoms with Gasteiger partial charge in [0, 0.05) is 26.5 Å². The van der Waals surface area contributed by atoms with Crippen molar-refractivity contribution in [3.63, 3.8) is 0 Å². The van der Waals surface area contributed by atoms with E-state index in [2.05, 4.69) is 15.3 Å². The largest absolute Gasteiger partial charge is 0.475 e. The molecule has 1 fully saturated rings. The number of rotatable bonds is 4. The molecule has 0 atom stereocenters. The fourth-order valence-electron chi connectivity index (χ4n) is 1.97. The second-order valence-corrected chi connectivity index (χ2v) is 4.58. The Kier molecular flexibility index (Phi) is 4.14. The molecule has 1 aromatic heterocycles. The SMILES string of the molecule is CN(C)c1nccnc1OCC1CCNCC1. The van der Waals surface area contributed by atoms with Crippen LogP contribution in [0, 0.1) is 5.92 Å². The minimum Gasteiger partial charge on any atom is -0.475 e. The maximum Gasteiger partial charge on any atom is 0.257 e. The summed E-state index contributed by atoms with van der Waals surface area (Å²) >= 11 is 0. The van der Waals surface area contributed by atoms with E-state index < -0.39 is 0 Å². The average Bonchev–Trinajstić information content (AvgIpc) is 2.38. The van der Waals surface area contributed by atoms with Crippen LogP contribution < -0.4 is 15.0 Å². The molecule has 5 heteroatoms. The predicted molar refractivity (Wildman–Crippen MR) is 67.4 cm³/mol. The van der Waals surface area contributed by atoms with E-state index in [-0.39, 0.29) is 0 Å². The van der Waals surface area contributed by atoms with Gasteiger partial charge in [0.15, 0.2) is 5.82 Å². The van der Waals surface area contributed by atoms with Gasteiger partial charge in [-0.25, -0.2) is 9.97 Å². The van der Waals surface area contributed by atoms with Crippen LogP contribution in [0.15, 0.2) is 12.4 Å². The third kappa shape index (κ3) is 3.30. The highest BCUT2D eigenvalue weighted by atomic mass is 16.5. The van der Waals surface area contributed by atoms with E-state index in [1.165, 1.54) is 12.8 Å². The Bertz CT molecular complexity index is 350. The summed E-state index contributed by atoms with van der Waals surface area (Å²) in [5.74, 6) is 2.06. The van der Waals surface area contributed by atoms with Gasteiger partial charge in [0.2, 0.25) is 0 Å². The van der Waals surface area contributed by atoms with Crippen LogP contribution in [0.4, 0.5) is 5.82 Å². The molecule has 1 aromatic rings. The summed E-state index contributed by atoms with van der Waals surface area (Å²) in [6, 6.07) is 0. The van der Waals surface area contributed by atoms with Crippen molar-refractivity contribution in [3.05, 3.63) is 12.4 Å². The molecule has 1 aliphatic heterocycles. The number of anilines is 1. The summed E-state index contributed by atoms with van der Waals surface area (Å²) in [4.78, 5) is 10.4. The molecule has 5 nitrogen and oxygen atoms in total. The first-order valence-electron chi connectivity index (χ1n) is 6.09. The minimum absolute atomic E-state index is 0.633. The lowest BCUT2D eigenvalue weighted by molar-refractivity contribution is 0.209. The van der Waals surface area contributed by atoms with Crippen molar-refractivity contribution in [3.8, 4) is 5.88 Å². The molecule has 0 spiro atoms. The van der Waals surface area contributed by atoms with E-state index in [0.717, 1.165) is 25.5 Å². The van der Waals surface area contributed by atoms with E-state index in [9.17, 15) is 0 Å². The van der Waals surface area contributed by atoms with Gasteiger partial charge >= 0.3 is 0 Å². The number of nitrogens with one attached hydrogen (secondary N) is 1. The summed E-state index contributed by atoms with van der Waals surface area (Å²) in [7, 11) is 3.89. The van der Waals surface area contributed by atoms with Crippen LogP contribution >= 0.6 is 0 Å². The first kappa shape index (κ1) is 12.1. The average molecular weight is 236 g/mol. The van der Waals surface area contributed by atoms with Gasteiger partial charge in [-0.1, -0.05) is 0 Å². The molecule has 1 aliphatic rings. The molecule has 0 unspecified atom stereocenters. The highest BCUT2D eigenvalue weighted by Gasteiger charge is 2.15. The highest BCUT2D eigenvalue weighted by Crippen LogP contribution is 2.21. The summed E-state index contributed by atoms with van der Waals surface area (Å²) in [5, 5.41) is 3.35. The van der Waals surface area contributed by atoms with Gasteiger partial charge in [-0.2, -0.15) is 0 Å². The standard InChI is InChI=1S/C12H20N4O/c1-16(2)11-12(15-8-7-14-11)17-9-10-3-5-13-6-4-10/h7-8,10,13H,3-6,9H2,1-2H3. The zero-order valence-corrected chi connectivity index (χ0v) is 10.5. The predicted octanol–water partition coefficient (Wildman–Crippen LogP) is 0.921. The molecule has 94 valence electrons. The van der Waals surface area contributed by atoms with Crippen molar-refractivity contribution in [1.82, 2.24) is 15.3 Å². The van der Waals surface area contributed by atoms with Crippen LogP contribution in [0.25, 0.3) is 0 Å². The molecule has 0 aromatic carbocycles. The Labute approximate surface area is 102 Å². The van der Waals surface area contributed by atoms with E-state index in [4.69, 9.17) is 4.74 Å². The van der Waals surface area contributed by atoms with Crippen LogP contribution in [-0.4, -0.2) is 43.8 Å². The number of hydrogen-bond donors (Lipinski definition) is 1. The minimum atomic E-state index is 0.633. The summed E-state index contributed by atoms with van der Waals surface area (Å²) in [5.41, 5.74) is 0. The number of piperidine rings is 1. The summed E-state index contributed by atoms with van der Waals surface area (Å²) < 4.78 is 5.79. The van der Waals surface area contributed by atoms with Crippen LogP contribution in [-0.2, 0) is 0 Å². The van der Waals surface area contributed by atoms with Gasteiger partial charge in [0.05, 0.1) is 6.61 Å². The van der Waals surface area contributed by atoms with Crippen molar-refractivity contribution >= 4 is 5.82 Å². The smallest absolute Gasteiger partial charge is 0.257 e. The quantitative estimate of drug-likeness (QED) is 0.842. The fourth-order valence-corrected chi connectivity index (χ4v) is 1.97. The number of nitrogens with zero attached hydrogens (tertiary/aromatic N) is 3. The molecule has 0 radical (unpaired) electrons. The van der Waals surface area contributed by atoms with Crippen LogP contribution in [0.2, 0.25) is 0 Å². The lowest BCUT2D eigenvalue weighted by Gasteiger charge is -2.23. The highest BCUT2D eigenvalue weighted by molar-refractivity contribution is 5.45. The second kappa shape index (κ2) is 5.82. The Morgan fingerprint density at radius 3 is 2.71 bits per heavy atom. The first-order chi connectivity index (χ1) is 8.27. The molecule has 0 aliphatic carbocycles. The third-order valence-corrected chi connectivity index (χ3v) is 2.98. The maximum atomic E-state index is 5.79. The number of aromatic nitrogens is 2. The van der Waals surface area contributed by atoms with Crippen molar-refractivity contribution in [1.29, 1.82) is 0 Å².